The van der Waals surface area contributed by atoms with Crippen LogP contribution in [0, 0.1) is 6.92 Å². The predicted molar refractivity (Wildman–Crippen MR) is 82.3 cm³/mol. The van der Waals surface area contributed by atoms with Gasteiger partial charge in [-0.25, -0.2) is 0 Å². The van der Waals surface area contributed by atoms with Crippen molar-refractivity contribution in [3.63, 3.8) is 0 Å². The van der Waals surface area contributed by atoms with E-state index in [9.17, 15) is 8.42 Å². The molecule has 2 rings (SSSR count). The van der Waals surface area contributed by atoms with Gasteiger partial charge in [-0.2, -0.15) is 12.8 Å². The molecule has 0 radical (unpaired) electrons. The average Bonchev–Trinajstić information content (AvgIpc) is 2.45. The van der Waals surface area contributed by atoms with Gasteiger partial charge in [-0.1, -0.05) is 54.1 Å². The number of nitrogens with zero attached hydrogens (tertiary/aromatic N) is 1. The molecule has 0 bridgehead atoms. The molecule has 0 saturated carbocycles. The summed E-state index contributed by atoms with van der Waals surface area (Å²) in [5, 5.41) is 0. The van der Waals surface area contributed by atoms with E-state index in [2.05, 4.69) is 4.40 Å². The number of hydrogen-bond donors (Lipinski definition) is 0. The zero-order valence-corrected chi connectivity index (χ0v) is 11.9. The van der Waals surface area contributed by atoms with Crippen LogP contribution in [0.3, 0.4) is 0 Å². The van der Waals surface area contributed by atoms with Crippen molar-refractivity contribution in [2.45, 2.75) is 11.8 Å². The molecule has 0 aliphatic heterocycles. The van der Waals surface area contributed by atoms with Crippen molar-refractivity contribution in [1.82, 2.24) is 0 Å². The Bertz CT molecular complexity index is 715. The molecule has 0 amide bonds. The normalized spacial score (nSPS) is 12.2. The molecule has 20 heavy (non-hydrogen) atoms. The standard InChI is InChI=1S/C16H15NO2S/c1-14-9-11-16(12-10-14)20(18,19)17-13-5-8-15-6-3-2-4-7-15/h2-13H,1H3/b8-5+,17-13+. The fraction of sp³-hybridized carbons (Fsp3) is 0.0625. The molecule has 0 heterocycles. The van der Waals surface area contributed by atoms with Crippen LogP contribution >= 0.6 is 0 Å². The molecule has 3 nitrogen and oxygen atoms in total. The van der Waals surface area contributed by atoms with E-state index < -0.39 is 10.0 Å². The molecule has 0 fully saturated rings. The Morgan fingerprint density at radius 2 is 1.60 bits per heavy atom. The summed E-state index contributed by atoms with van der Waals surface area (Å²) in [6, 6.07) is 16.2. The minimum Gasteiger partial charge on any atom is -0.199 e. The maximum absolute atomic E-state index is 11.9. The maximum Gasteiger partial charge on any atom is 0.282 e. The lowest BCUT2D eigenvalue weighted by molar-refractivity contribution is 0.598. The zero-order valence-electron chi connectivity index (χ0n) is 11.1. The summed E-state index contributed by atoms with van der Waals surface area (Å²) < 4.78 is 27.5. The lowest BCUT2D eigenvalue weighted by Gasteiger charge is -1.98. The largest absolute Gasteiger partial charge is 0.282 e. The van der Waals surface area contributed by atoms with E-state index in [4.69, 9.17) is 0 Å². The number of allylic oxidation sites excluding steroid dienone is 1. The molecule has 0 aromatic heterocycles. The van der Waals surface area contributed by atoms with Gasteiger partial charge in [-0.05, 0) is 30.7 Å². The van der Waals surface area contributed by atoms with E-state index in [0.29, 0.717) is 0 Å². The topological polar surface area (TPSA) is 46.5 Å². The third-order valence-electron chi connectivity index (χ3n) is 2.69. The minimum atomic E-state index is -3.61. The molecule has 102 valence electrons. The highest BCUT2D eigenvalue weighted by molar-refractivity contribution is 7.90. The van der Waals surface area contributed by atoms with Crippen molar-refractivity contribution in [2.75, 3.05) is 0 Å². The van der Waals surface area contributed by atoms with Crippen LogP contribution in [0.15, 0.2) is 70.0 Å². The third kappa shape index (κ3) is 3.90. The third-order valence-corrected chi connectivity index (χ3v) is 3.96. The number of rotatable bonds is 4. The number of aryl methyl sites for hydroxylation is 1. The first-order valence-electron chi connectivity index (χ1n) is 6.17. The van der Waals surface area contributed by atoms with Crippen LogP contribution in [-0.4, -0.2) is 14.6 Å². The first-order valence-corrected chi connectivity index (χ1v) is 7.61. The second kappa shape index (κ2) is 6.30. The number of hydrogen-bond acceptors (Lipinski definition) is 2. The van der Waals surface area contributed by atoms with Gasteiger partial charge in [0.05, 0.1) is 4.90 Å². The van der Waals surface area contributed by atoms with Gasteiger partial charge < -0.3 is 0 Å². The molecular weight excluding hydrogens is 270 g/mol. The Balaban J connectivity index is 2.10. The summed E-state index contributed by atoms with van der Waals surface area (Å²) in [7, 11) is -3.61. The van der Waals surface area contributed by atoms with Crippen LogP contribution in [0.25, 0.3) is 6.08 Å². The highest BCUT2D eigenvalue weighted by Crippen LogP contribution is 2.12. The monoisotopic (exact) mass is 285 g/mol. The molecule has 0 aliphatic carbocycles. The van der Waals surface area contributed by atoms with Crippen LogP contribution in [0.5, 0.6) is 0 Å². The molecule has 0 atom stereocenters. The minimum absolute atomic E-state index is 0.201. The fourth-order valence-corrected chi connectivity index (χ4v) is 2.44. The second-order valence-corrected chi connectivity index (χ2v) is 5.94. The highest BCUT2D eigenvalue weighted by atomic mass is 32.2. The molecule has 2 aromatic carbocycles. The summed E-state index contributed by atoms with van der Waals surface area (Å²) >= 11 is 0. The summed E-state index contributed by atoms with van der Waals surface area (Å²) in [6.45, 7) is 1.91. The summed E-state index contributed by atoms with van der Waals surface area (Å²) in [4.78, 5) is 0.201. The Hall–Kier alpha value is -2.20. The van der Waals surface area contributed by atoms with Crippen molar-refractivity contribution in [3.8, 4) is 0 Å². The predicted octanol–water partition coefficient (Wildman–Crippen LogP) is 3.47. The quantitative estimate of drug-likeness (QED) is 0.807. The first kappa shape index (κ1) is 14.2. The number of sulfonamides is 1. The number of benzene rings is 2. The van der Waals surface area contributed by atoms with E-state index >= 15 is 0 Å². The van der Waals surface area contributed by atoms with Crippen molar-refractivity contribution in [1.29, 1.82) is 0 Å². The van der Waals surface area contributed by atoms with Gasteiger partial charge in [0.2, 0.25) is 0 Å². The van der Waals surface area contributed by atoms with Crippen molar-refractivity contribution < 1.29 is 8.42 Å². The van der Waals surface area contributed by atoms with Crippen LogP contribution in [0.1, 0.15) is 11.1 Å². The maximum atomic E-state index is 11.9. The Labute approximate surface area is 119 Å². The van der Waals surface area contributed by atoms with Gasteiger partial charge in [0.25, 0.3) is 10.0 Å². The summed E-state index contributed by atoms with van der Waals surface area (Å²) in [5.74, 6) is 0. The molecule has 0 N–H and O–H groups in total. The van der Waals surface area contributed by atoms with Gasteiger partial charge in [0, 0.05) is 6.21 Å². The van der Waals surface area contributed by atoms with Crippen molar-refractivity contribution >= 4 is 22.3 Å². The smallest absolute Gasteiger partial charge is 0.199 e. The Morgan fingerprint density at radius 3 is 2.25 bits per heavy atom. The van der Waals surface area contributed by atoms with Crippen molar-refractivity contribution in [2.24, 2.45) is 4.40 Å². The highest BCUT2D eigenvalue weighted by Gasteiger charge is 2.09. The van der Waals surface area contributed by atoms with Gasteiger partial charge in [-0.3, -0.25) is 0 Å². The van der Waals surface area contributed by atoms with E-state index in [1.54, 1.807) is 36.4 Å². The van der Waals surface area contributed by atoms with Gasteiger partial charge in [-0.15, -0.1) is 0 Å². The first-order chi connectivity index (χ1) is 9.58. The molecular formula is C16H15NO2S. The second-order valence-electron chi connectivity index (χ2n) is 4.31. The van der Waals surface area contributed by atoms with Crippen LogP contribution < -0.4 is 0 Å². The van der Waals surface area contributed by atoms with Crippen LogP contribution in [0.2, 0.25) is 0 Å². The van der Waals surface area contributed by atoms with Crippen molar-refractivity contribution in [3.05, 3.63) is 71.8 Å². The van der Waals surface area contributed by atoms with Gasteiger partial charge >= 0.3 is 0 Å². The summed E-state index contributed by atoms with van der Waals surface area (Å²) in [5.41, 5.74) is 2.00. The Kier molecular flexibility index (Phi) is 4.48. The fourth-order valence-electron chi connectivity index (χ4n) is 1.60. The van der Waals surface area contributed by atoms with Crippen LogP contribution in [-0.2, 0) is 10.0 Å². The molecule has 0 unspecified atom stereocenters. The lowest BCUT2D eigenvalue weighted by Crippen LogP contribution is -1.96. The van der Waals surface area contributed by atoms with E-state index in [1.165, 1.54) is 6.21 Å². The Morgan fingerprint density at radius 1 is 0.950 bits per heavy atom. The zero-order chi connectivity index (χ0) is 14.4. The summed E-state index contributed by atoms with van der Waals surface area (Å²) in [6.07, 6.45) is 4.71. The molecule has 0 spiro atoms. The molecule has 0 aliphatic rings. The SMILES string of the molecule is Cc1ccc(S(=O)(=O)/N=C/C=C/c2ccccc2)cc1. The van der Waals surface area contributed by atoms with Gasteiger partial charge in [0.1, 0.15) is 0 Å². The molecule has 0 saturated heterocycles. The lowest BCUT2D eigenvalue weighted by atomic mass is 10.2. The molecule has 2 aromatic rings. The van der Waals surface area contributed by atoms with E-state index in [1.807, 2.05) is 37.3 Å². The van der Waals surface area contributed by atoms with Crippen LogP contribution in [0.4, 0.5) is 0 Å². The van der Waals surface area contributed by atoms with E-state index in [0.717, 1.165) is 11.1 Å². The van der Waals surface area contributed by atoms with E-state index in [-0.39, 0.29) is 4.90 Å². The average molecular weight is 285 g/mol. The molecule has 4 heteroatoms. The van der Waals surface area contributed by atoms with Gasteiger partial charge in [0.15, 0.2) is 0 Å².